The number of hydrogen-bond acceptors (Lipinski definition) is 3. The van der Waals surface area contributed by atoms with Crippen LogP contribution in [0.25, 0.3) is 0 Å². The summed E-state index contributed by atoms with van der Waals surface area (Å²) in [4.78, 5) is 0. The van der Waals surface area contributed by atoms with E-state index < -0.39 is 0 Å². The molecule has 0 radical (unpaired) electrons. The molecule has 3 heteroatoms. The van der Waals surface area contributed by atoms with Crippen LogP contribution in [0, 0.1) is 0 Å². The lowest BCUT2D eigenvalue weighted by Gasteiger charge is -2.36. The van der Waals surface area contributed by atoms with Crippen LogP contribution in [-0.4, -0.2) is 12.7 Å². The summed E-state index contributed by atoms with van der Waals surface area (Å²) in [6, 6.07) is 5.77. The van der Waals surface area contributed by atoms with Crippen molar-refractivity contribution < 1.29 is 9.47 Å². The molecule has 0 saturated heterocycles. The fourth-order valence-corrected chi connectivity index (χ4v) is 2.13. The van der Waals surface area contributed by atoms with Gasteiger partial charge >= 0.3 is 0 Å². The van der Waals surface area contributed by atoms with E-state index >= 15 is 0 Å². The average Bonchev–Trinajstić information content (AvgIpc) is 2.14. The quantitative estimate of drug-likeness (QED) is 0.768. The molecule has 1 aromatic carbocycles. The SMILES string of the molecule is COc1cccc2c1C(N)CC(C)(C)O2. The molecule has 82 valence electrons. The molecular formula is C12H17NO2. The van der Waals surface area contributed by atoms with Gasteiger partial charge in [0.1, 0.15) is 17.1 Å². The third-order valence-electron chi connectivity index (χ3n) is 2.71. The van der Waals surface area contributed by atoms with E-state index in [-0.39, 0.29) is 11.6 Å². The number of hydrogen-bond donors (Lipinski definition) is 1. The number of nitrogens with two attached hydrogens (primary N) is 1. The van der Waals surface area contributed by atoms with Crippen molar-refractivity contribution in [1.82, 2.24) is 0 Å². The van der Waals surface area contributed by atoms with Crippen molar-refractivity contribution in [3.8, 4) is 11.5 Å². The smallest absolute Gasteiger partial charge is 0.128 e. The Balaban J connectivity index is 2.49. The fourth-order valence-electron chi connectivity index (χ4n) is 2.13. The molecule has 0 aliphatic carbocycles. The van der Waals surface area contributed by atoms with Crippen LogP contribution < -0.4 is 15.2 Å². The molecule has 15 heavy (non-hydrogen) atoms. The van der Waals surface area contributed by atoms with Crippen molar-refractivity contribution in [3.63, 3.8) is 0 Å². The third kappa shape index (κ3) is 1.79. The second kappa shape index (κ2) is 3.42. The van der Waals surface area contributed by atoms with E-state index in [1.54, 1.807) is 7.11 Å². The molecule has 1 aromatic rings. The van der Waals surface area contributed by atoms with Crippen LogP contribution in [0.1, 0.15) is 31.9 Å². The summed E-state index contributed by atoms with van der Waals surface area (Å²) >= 11 is 0. The van der Waals surface area contributed by atoms with Gasteiger partial charge in [-0.05, 0) is 26.0 Å². The van der Waals surface area contributed by atoms with Crippen LogP contribution in [-0.2, 0) is 0 Å². The Hall–Kier alpha value is -1.22. The van der Waals surface area contributed by atoms with Gasteiger partial charge in [0.05, 0.1) is 12.7 Å². The lowest BCUT2D eigenvalue weighted by Crippen LogP contribution is -2.37. The van der Waals surface area contributed by atoms with Crippen molar-refractivity contribution in [2.75, 3.05) is 7.11 Å². The zero-order chi connectivity index (χ0) is 11.1. The average molecular weight is 207 g/mol. The molecule has 1 aliphatic heterocycles. The lowest BCUT2D eigenvalue weighted by molar-refractivity contribution is 0.0717. The van der Waals surface area contributed by atoms with Crippen LogP contribution in [0.3, 0.4) is 0 Å². The van der Waals surface area contributed by atoms with Crippen molar-refractivity contribution >= 4 is 0 Å². The highest BCUT2D eigenvalue weighted by atomic mass is 16.5. The van der Waals surface area contributed by atoms with E-state index in [1.165, 1.54) is 0 Å². The third-order valence-corrected chi connectivity index (χ3v) is 2.71. The first-order chi connectivity index (χ1) is 7.03. The molecule has 0 aromatic heterocycles. The standard InChI is InChI=1S/C12H17NO2/c1-12(2)7-8(13)11-9(14-3)5-4-6-10(11)15-12/h4-6,8H,7,13H2,1-3H3. The number of benzene rings is 1. The van der Waals surface area contributed by atoms with Gasteiger partial charge in [0.15, 0.2) is 0 Å². The van der Waals surface area contributed by atoms with E-state index in [4.69, 9.17) is 15.2 Å². The largest absolute Gasteiger partial charge is 0.496 e. The Morgan fingerprint density at radius 3 is 2.87 bits per heavy atom. The van der Waals surface area contributed by atoms with Crippen molar-refractivity contribution in [2.24, 2.45) is 5.73 Å². The van der Waals surface area contributed by atoms with Gasteiger partial charge in [0.25, 0.3) is 0 Å². The van der Waals surface area contributed by atoms with Gasteiger partial charge in [-0.2, -0.15) is 0 Å². The van der Waals surface area contributed by atoms with E-state index in [1.807, 2.05) is 18.2 Å². The van der Waals surface area contributed by atoms with Crippen molar-refractivity contribution in [2.45, 2.75) is 31.9 Å². The first kappa shape index (κ1) is 10.3. The Labute approximate surface area is 90.2 Å². The highest BCUT2D eigenvalue weighted by molar-refractivity contribution is 5.48. The zero-order valence-corrected chi connectivity index (χ0v) is 9.41. The lowest BCUT2D eigenvalue weighted by atomic mass is 9.90. The summed E-state index contributed by atoms with van der Waals surface area (Å²) < 4.78 is 11.2. The summed E-state index contributed by atoms with van der Waals surface area (Å²) in [5.41, 5.74) is 6.93. The molecule has 0 bridgehead atoms. The van der Waals surface area contributed by atoms with Gasteiger partial charge in [-0.25, -0.2) is 0 Å². The molecule has 3 nitrogen and oxygen atoms in total. The molecule has 0 fully saturated rings. The van der Waals surface area contributed by atoms with Crippen LogP contribution in [0.15, 0.2) is 18.2 Å². The van der Waals surface area contributed by atoms with Crippen LogP contribution in [0.2, 0.25) is 0 Å². The first-order valence-electron chi connectivity index (χ1n) is 5.15. The molecule has 1 unspecified atom stereocenters. The van der Waals surface area contributed by atoms with E-state index in [9.17, 15) is 0 Å². The molecule has 2 N–H and O–H groups in total. The van der Waals surface area contributed by atoms with Gasteiger partial charge in [0, 0.05) is 12.5 Å². The minimum absolute atomic E-state index is 0.0140. The van der Waals surface area contributed by atoms with E-state index in [2.05, 4.69) is 13.8 Å². The van der Waals surface area contributed by atoms with Gasteiger partial charge in [-0.3, -0.25) is 0 Å². The van der Waals surface area contributed by atoms with Crippen molar-refractivity contribution in [3.05, 3.63) is 23.8 Å². The Morgan fingerprint density at radius 2 is 2.20 bits per heavy atom. The second-order valence-corrected chi connectivity index (χ2v) is 4.54. The predicted molar refractivity (Wildman–Crippen MR) is 59.2 cm³/mol. The molecule has 0 spiro atoms. The summed E-state index contributed by atoms with van der Waals surface area (Å²) in [6.45, 7) is 4.10. The Bertz CT molecular complexity index is 374. The predicted octanol–water partition coefficient (Wildman–Crippen LogP) is 2.26. The second-order valence-electron chi connectivity index (χ2n) is 4.54. The summed E-state index contributed by atoms with van der Waals surface area (Å²) in [5, 5.41) is 0. The summed E-state index contributed by atoms with van der Waals surface area (Å²) in [5.74, 6) is 1.66. The maximum atomic E-state index is 6.14. The molecule has 1 aliphatic rings. The summed E-state index contributed by atoms with van der Waals surface area (Å²) in [7, 11) is 1.65. The molecule has 0 amide bonds. The van der Waals surface area contributed by atoms with E-state index in [0.29, 0.717) is 0 Å². The van der Waals surface area contributed by atoms with Gasteiger partial charge in [-0.15, -0.1) is 0 Å². The Kier molecular flexibility index (Phi) is 2.35. The number of rotatable bonds is 1. The molecule has 0 saturated carbocycles. The highest BCUT2D eigenvalue weighted by Gasteiger charge is 2.33. The summed E-state index contributed by atoms with van der Waals surface area (Å²) in [6.07, 6.45) is 0.806. The van der Waals surface area contributed by atoms with Crippen LogP contribution in [0.5, 0.6) is 11.5 Å². The number of fused-ring (bicyclic) bond motifs is 1. The minimum atomic E-state index is -0.196. The zero-order valence-electron chi connectivity index (χ0n) is 9.41. The normalized spacial score (nSPS) is 22.8. The van der Waals surface area contributed by atoms with Crippen LogP contribution in [0.4, 0.5) is 0 Å². The maximum Gasteiger partial charge on any atom is 0.128 e. The fraction of sp³-hybridized carbons (Fsp3) is 0.500. The van der Waals surface area contributed by atoms with Gasteiger partial charge in [0.2, 0.25) is 0 Å². The highest BCUT2D eigenvalue weighted by Crippen LogP contribution is 2.42. The minimum Gasteiger partial charge on any atom is -0.496 e. The molecule has 2 rings (SSSR count). The Morgan fingerprint density at radius 1 is 1.47 bits per heavy atom. The van der Waals surface area contributed by atoms with Gasteiger partial charge < -0.3 is 15.2 Å². The topological polar surface area (TPSA) is 44.5 Å². The molecule has 1 heterocycles. The van der Waals surface area contributed by atoms with Crippen molar-refractivity contribution in [1.29, 1.82) is 0 Å². The number of methoxy groups -OCH3 is 1. The van der Waals surface area contributed by atoms with Crippen LogP contribution >= 0.6 is 0 Å². The van der Waals surface area contributed by atoms with E-state index in [0.717, 1.165) is 23.5 Å². The maximum absolute atomic E-state index is 6.14. The monoisotopic (exact) mass is 207 g/mol. The molecular weight excluding hydrogens is 190 g/mol. The first-order valence-corrected chi connectivity index (χ1v) is 5.15. The van der Waals surface area contributed by atoms with Gasteiger partial charge in [-0.1, -0.05) is 6.07 Å². The number of ether oxygens (including phenoxy) is 2. The molecule has 1 atom stereocenters.